The molecule has 4 nitrogen and oxygen atoms in total. The lowest BCUT2D eigenvalue weighted by molar-refractivity contribution is 0.477. The molecule has 6 aromatic rings. The van der Waals surface area contributed by atoms with Gasteiger partial charge >= 0.3 is 0 Å². The quantitative estimate of drug-likeness (QED) is 0.184. The summed E-state index contributed by atoms with van der Waals surface area (Å²) in [6.07, 6.45) is 0. The van der Waals surface area contributed by atoms with Crippen LogP contribution in [-0.2, 0) is 9.98 Å². The first-order valence-corrected chi connectivity index (χ1v) is 17.5. The molecule has 1 unspecified atom stereocenters. The van der Waals surface area contributed by atoms with Crippen molar-refractivity contribution >= 4 is 51.9 Å². The maximum atomic E-state index is 14.5. The summed E-state index contributed by atoms with van der Waals surface area (Å²) in [7, 11) is -2.79. The molecule has 45 heavy (non-hydrogen) atoms. The van der Waals surface area contributed by atoms with Crippen LogP contribution in [0.15, 0.2) is 133 Å². The monoisotopic (exact) mass is 602 g/mol. The van der Waals surface area contributed by atoms with Crippen LogP contribution in [0.5, 0.6) is 11.5 Å². The largest absolute Gasteiger partial charge is 0.453 e. The van der Waals surface area contributed by atoms with E-state index >= 15 is 0 Å². The summed E-state index contributed by atoms with van der Waals surface area (Å²) < 4.78 is 20.7. The highest BCUT2D eigenvalue weighted by atomic mass is 31.2. The van der Waals surface area contributed by atoms with Crippen LogP contribution in [0.1, 0.15) is 25.0 Å². The summed E-state index contributed by atoms with van der Waals surface area (Å²) in [5.41, 5.74) is 10.9. The van der Waals surface area contributed by atoms with Crippen molar-refractivity contribution in [3.05, 3.63) is 145 Å². The Kier molecular flexibility index (Phi) is 5.41. The normalized spacial score (nSPS) is 18.1. The molecule has 0 saturated heterocycles. The Bertz CT molecular complexity index is 2160. The van der Waals surface area contributed by atoms with Crippen molar-refractivity contribution < 1.29 is 9.30 Å². The van der Waals surface area contributed by atoms with E-state index in [2.05, 4.69) is 121 Å². The molecule has 3 aliphatic heterocycles. The Morgan fingerprint density at radius 2 is 0.933 bits per heavy atom. The number of nitrogens with zero attached hydrogens (tertiary/aromatic N) is 2. The van der Waals surface area contributed by atoms with Crippen LogP contribution in [0.2, 0.25) is 0 Å². The van der Waals surface area contributed by atoms with Gasteiger partial charge in [-0.1, -0.05) is 74.5 Å². The summed E-state index contributed by atoms with van der Waals surface area (Å²) in [5, 5.41) is 1.83. The Labute approximate surface area is 263 Å². The lowest BCUT2D eigenvalue weighted by Gasteiger charge is -2.42. The lowest BCUT2D eigenvalue weighted by Crippen LogP contribution is -2.30. The molecule has 3 aliphatic rings. The molecule has 0 aliphatic carbocycles. The third kappa shape index (κ3) is 3.64. The summed E-state index contributed by atoms with van der Waals surface area (Å²) in [5.74, 6) is 1.62. The standard InChI is InChI=1S/C40H31N2O2P/c1-40(2)30-12-4-6-14-32(30)41(33-15-7-5-13-31(33)40)26-20-22-38-28(24-26)29-25-27(21-23-39(29)45(38,3)43)42-34-16-8-10-18-36(34)44-37-19-11-9-17-35(37)42/h4-25H,1-3H3. The number of para-hydroxylation sites is 6. The molecule has 0 aromatic heterocycles. The molecule has 0 saturated carbocycles. The number of ether oxygens (including phenoxy) is 1. The summed E-state index contributed by atoms with van der Waals surface area (Å²) >= 11 is 0. The second-order valence-electron chi connectivity index (χ2n) is 12.7. The van der Waals surface area contributed by atoms with Gasteiger partial charge in [-0.2, -0.15) is 0 Å². The number of anilines is 6. The number of fused-ring (bicyclic) bond motifs is 7. The number of benzene rings is 6. The molecule has 0 radical (unpaired) electrons. The first-order valence-electron chi connectivity index (χ1n) is 15.4. The maximum absolute atomic E-state index is 14.5. The van der Waals surface area contributed by atoms with Crippen molar-refractivity contribution in [2.24, 2.45) is 0 Å². The van der Waals surface area contributed by atoms with Crippen LogP contribution < -0.4 is 25.1 Å². The van der Waals surface area contributed by atoms with E-state index < -0.39 is 7.14 Å². The SMILES string of the molecule is CC1(C)c2ccccc2N(c2ccc3c(c2)-c2cc(N4c5ccccc5Oc5ccccc54)ccc2P3(C)=O)c2ccccc21. The zero-order valence-corrected chi connectivity index (χ0v) is 26.3. The molecule has 0 fully saturated rings. The van der Waals surface area contributed by atoms with Crippen LogP contribution in [0.25, 0.3) is 11.1 Å². The average molecular weight is 603 g/mol. The Morgan fingerprint density at radius 3 is 1.42 bits per heavy atom. The number of rotatable bonds is 2. The van der Waals surface area contributed by atoms with E-state index in [4.69, 9.17) is 4.74 Å². The van der Waals surface area contributed by atoms with Crippen molar-refractivity contribution in [2.75, 3.05) is 16.5 Å². The van der Waals surface area contributed by atoms with Crippen LogP contribution >= 0.6 is 7.14 Å². The molecule has 6 aromatic carbocycles. The highest BCUT2D eigenvalue weighted by Crippen LogP contribution is 2.56. The van der Waals surface area contributed by atoms with E-state index in [9.17, 15) is 4.57 Å². The van der Waals surface area contributed by atoms with Crippen molar-refractivity contribution in [1.29, 1.82) is 0 Å². The molecule has 3 heterocycles. The van der Waals surface area contributed by atoms with Crippen LogP contribution in [-0.4, -0.2) is 6.66 Å². The fraction of sp³-hybridized carbons (Fsp3) is 0.100. The number of hydrogen-bond acceptors (Lipinski definition) is 4. The average Bonchev–Trinajstić information content (AvgIpc) is 3.29. The van der Waals surface area contributed by atoms with Gasteiger partial charge in [0.1, 0.15) is 7.14 Å². The smallest absolute Gasteiger partial charge is 0.151 e. The van der Waals surface area contributed by atoms with Gasteiger partial charge in [0, 0.05) is 27.4 Å². The zero-order chi connectivity index (χ0) is 30.5. The van der Waals surface area contributed by atoms with Crippen molar-refractivity contribution in [3.63, 3.8) is 0 Å². The van der Waals surface area contributed by atoms with E-state index in [1.54, 1.807) is 0 Å². The predicted molar refractivity (Wildman–Crippen MR) is 186 cm³/mol. The lowest BCUT2D eigenvalue weighted by atomic mass is 9.73. The van der Waals surface area contributed by atoms with Crippen LogP contribution in [0.4, 0.5) is 34.1 Å². The first kappa shape index (κ1) is 26.4. The van der Waals surface area contributed by atoms with Gasteiger partial charge < -0.3 is 19.1 Å². The fourth-order valence-electron chi connectivity index (χ4n) is 7.56. The summed E-state index contributed by atoms with van der Waals surface area (Å²) in [4.78, 5) is 4.61. The molecular weight excluding hydrogens is 571 g/mol. The van der Waals surface area contributed by atoms with E-state index in [0.717, 1.165) is 56.0 Å². The Hall–Kier alpha value is -5.05. The van der Waals surface area contributed by atoms with Crippen LogP contribution in [0, 0.1) is 0 Å². The fourth-order valence-corrected chi connectivity index (χ4v) is 9.83. The minimum atomic E-state index is -2.79. The maximum Gasteiger partial charge on any atom is 0.151 e. The molecule has 0 amide bonds. The van der Waals surface area contributed by atoms with E-state index in [1.165, 1.54) is 22.5 Å². The van der Waals surface area contributed by atoms with Gasteiger partial charge in [-0.25, -0.2) is 0 Å². The molecule has 0 spiro atoms. The predicted octanol–water partition coefficient (Wildman–Crippen LogP) is 10.3. The topological polar surface area (TPSA) is 32.8 Å². The van der Waals surface area contributed by atoms with E-state index in [-0.39, 0.29) is 5.41 Å². The zero-order valence-electron chi connectivity index (χ0n) is 25.4. The molecule has 5 heteroatoms. The van der Waals surface area contributed by atoms with Gasteiger partial charge in [0.15, 0.2) is 11.5 Å². The van der Waals surface area contributed by atoms with Gasteiger partial charge in [-0.05, 0) is 102 Å². The third-order valence-corrected chi connectivity index (χ3v) is 12.4. The second kappa shape index (κ2) is 9.23. The van der Waals surface area contributed by atoms with Crippen LogP contribution in [0.3, 0.4) is 0 Å². The van der Waals surface area contributed by atoms with Gasteiger partial charge in [0.25, 0.3) is 0 Å². The molecule has 1 atom stereocenters. The van der Waals surface area contributed by atoms with Gasteiger partial charge in [-0.3, -0.25) is 0 Å². The molecular formula is C40H31N2O2P. The van der Waals surface area contributed by atoms with Gasteiger partial charge in [0.05, 0.1) is 22.7 Å². The number of hydrogen-bond donors (Lipinski definition) is 0. The minimum absolute atomic E-state index is 0.133. The van der Waals surface area contributed by atoms with E-state index in [1.807, 2.05) is 43.1 Å². The molecule has 0 bridgehead atoms. The third-order valence-electron chi connectivity index (χ3n) is 9.76. The molecule has 0 N–H and O–H groups in total. The van der Waals surface area contributed by atoms with E-state index in [0.29, 0.717) is 0 Å². The van der Waals surface area contributed by atoms with Crippen molar-refractivity contribution in [3.8, 4) is 22.6 Å². The summed E-state index contributed by atoms with van der Waals surface area (Å²) in [6, 6.07) is 46.5. The highest BCUT2D eigenvalue weighted by Gasteiger charge is 2.39. The molecule has 218 valence electrons. The van der Waals surface area contributed by atoms with Gasteiger partial charge in [-0.15, -0.1) is 0 Å². The Morgan fingerprint density at radius 1 is 0.533 bits per heavy atom. The highest BCUT2D eigenvalue weighted by molar-refractivity contribution is 7.79. The minimum Gasteiger partial charge on any atom is -0.453 e. The van der Waals surface area contributed by atoms with Crippen molar-refractivity contribution in [1.82, 2.24) is 0 Å². The van der Waals surface area contributed by atoms with Crippen molar-refractivity contribution in [2.45, 2.75) is 19.3 Å². The Balaban J connectivity index is 1.24. The van der Waals surface area contributed by atoms with Gasteiger partial charge in [0.2, 0.25) is 0 Å². The second-order valence-corrected chi connectivity index (χ2v) is 15.5. The molecule has 9 rings (SSSR count). The first-order chi connectivity index (χ1) is 21.8. The summed E-state index contributed by atoms with van der Waals surface area (Å²) in [6.45, 7) is 6.51.